The Labute approximate surface area is 103 Å². The van der Waals surface area contributed by atoms with Gasteiger partial charge in [-0.3, -0.25) is 4.90 Å². The summed E-state index contributed by atoms with van der Waals surface area (Å²) in [7, 11) is 0. The Hall–Kier alpha value is -1.06. The first-order valence-electron chi connectivity index (χ1n) is 6.12. The third-order valence-corrected chi connectivity index (χ3v) is 3.20. The second kappa shape index (κ2) is 4.67. The lowest BCUT2D eigenvalue weighted by atomic mass is 9.93. The van der Waals surface area contributed by atoms with Crippen molar-refractivity contribution in [1.82, 2.24) is 4.90 Å². The van der Waals surface area contributed by atoms with Crippen molar-refractivity contribution in [1.29, 1.82) is 0 Å². The summed E-state index contributed by atoms with van der Waals surface area (Å²) in [5, 5.41) is 9.83. The fourth-order valence-corrected chi connectivity index (χ4v) is 2.24. The third kappa shape index (κ3) is 2.99. The summed E-state index contributed by atoms with van der Waals surface area (Å²) < 4.78 is 0. The lowest BCUT2D eigenvalue weighted by Gasteiger charge is -2.22. The van der Waals surface area contributed by atoms with E-state index in [9.17, 15) is 5.11 Å². The van der Waals surface area contributed by atoms with Crippen LogP contribution in [0.4, 0.5) is 0 Å². The van der Waals surface area contributed by atoms with Gasteiger partial charge in [-0.05, 0) is 50.9 Å². The number of rotatable bonds is 3. The molecule has 0 amide bonds. The van der Waals surface area contributed by atoms with Crippen LogP contribution in [0.15, 0.2) is 18.2 Å². The van der Waals surface area contributed by atoms with Gasteiger partial charge in [-0.15, -0.1) is 0 Å². The minimum atomic E-state index is -0.503. The number of phenolic OH excluding ortho intramolecular Hbond substituents is 1. The molecule has 1 saturated heterocycles. The van der Waals surface area contributed by atoms with Gasteiger partial charge < -0.3 is 10.8 Å². The van der Waals surface area contributed by atoms with E-state index in [0.29, 0.717) is 0 Å². The van der Waals surface area contributed by atoms with Crippen LogP contribution in [0.3, 0.4) is 0 Å². The van der Waals surface area contributed by atoms with Crippen molar-refractivity contribution in [2.75, 3.05) is 13.1 Å². The highest BCUT2D eigenvalue weighted by molar-refractivity contribution is 5.40. The zero-order chi connectivity index (χ0) is 12.5. The molecule has 1 aliphatic heterocycles. The summed E-state index contributed by atoms with van der Waals surface area (Å²) in [6.45, 7) is 6.94. The highest BCUT2D eigenvalue weighted by Crippen LogP contribution is 2.28. The number of likely N-dealkylation sites (tertiary alicyclic amines) is 1. The normalized spacial score (nSPS) is 17.6. The second-order valence-electron chi connectivity index (χ2n) is 5.39. The van der Waals surface area contributed by atoms with E-state index in [-0.39, 0.29) is 5.75 Å². The molecule has 93 valence electrons. The molecule has 1 fully saturated rings. The molecule has 0 bridgehead atoms. The number of nitrogens with zero attached hydrogens (tertiary/aromatic N) is 1. The fourth-order valence-electron chi connectivity index (χ4n) is 2.24. The molecular weight excluding hydrogens is 212 g/mol. The standard InChI is InChI=1S/C14H21N2O/c1-14(2,15)12-9-11(5-6-13(12)17)10-16-7-3-4-8-16/h3,5-6,9,17H,4,7-8,10,15H2,1-2H3. The lowest BCUT2D eigenvalue weighted by molar-refractivity contribution is 0.336. The molecule has 1 aromatic carbocycles. The van der Waals surface area contributed by atoms with Crippen molar-refractivity contribution < 1.29 is 5.11 Å². The number of aromatic hydroxyl groups is 1. The summed E-state index contributed by atoms with van der Waals surface area (Å²) in [4.78, 5) is 2.39. The summed E-state index contributed by atoms with van der Waals surface area (Å²) >= 11 is 0. The quantitative estimate of drug-likeness (QED) is 0.839. The first kappa shape index (κ1) is 12.4. The monoisotopic (exact) mass is 233 g/mol. The molecule has 17 heavy (non-hydrogen) atoms. The predicted molar refractivity (Wildman–Crippen MR) is 69.5 cm³/mol. The van der Waals surface area contributed by atoms with Gasteiger partial charge in [0.2, 0.25) is 0 Å². The molecule has 3 nitrogen and oxygen atoms in total. The highest BCUT2D eigenvalue weighted by Gasteiger charge is 2.20. The molecule has 1 heterocycles. The molecule has 0 saturated carbocycles. The average Bonchev–Trinajstić information content (AvgIpc) is 2.72. The predicted octanol–water partition coefficient (Wildman–Crippen LogP) is 2.00. The molecule has 3 heteroatoms. The zero-order valence-electron chi connectivity index (χ0n) is 10.6. The van der Waals surface area contributed by atoms with Crippen molar-refractivity contribution in [3.05, 3.63) is 35.7 Å². The minimum Gasteiger partial charge on any atom is -0.508 e. The van der Waals surface area contributed by atoms with Crippen LogP contribution < -0.4 is 5.73 Å². The maximum absolute atomic E-state index is 9.83. The smallest absolute Gasteiger partial charge is 0.120 e. The lowest BCUT2D eigenvalue weighted by Crippen LogP contribution is -2.29. The Balaban J connectivity index is 2.18. The van der Waals surface area contributed by atoms with Gasteiger partial charge in [-0.1, -0.05) is 6.07 Å². The van der Waals surface area contributed by atoms with Crippen molar-refractivity contribution in [3.8, 4) is 5.75 Å². The van der Waals surface area contributed by atoms with Crippen LogP contribution in [-0.4, -0.2) is 23.1 Å². The maximum atomic E-state index is 9.83. The van der Waals surface area contributed by atoms with E-state index in [1.807, 2.05) is 26.0 Å². The van der Waals surface area contributed by atoms with Gasteiger partial charge in [0.1, 0.15) is 5.75 Å². The minimum absolute atomic E-state index is 0.286. The molecule has 0 spiro atoms. The second-order valence-corrected chi connectivity index (χ2v) is 5.39. The first-order chi connectivity index (χ1) is 7.97. The van der Waals surface area contributed by atoms with E-state index >= 15 is 0 Å². The molecule has 0 unspecified atom stereocenters. The van der Waals surface area contributed by atoms with E-state index in [2.05, 4.69) is 11.3 Å². The van der Waals surface area contributed by atoms with Gasteiger partial charge >= 0.3 is 0 Å². The van der Waals surface area contributed by atoms with E-state index in [1.54, 1.807) is 6.07 Å². The number of nitrogens with two attached hydrogens (primary N) is 1. The highest BCUT2D eigenvalue weighted by atomic mass is 16.3. The van der Waals surface area contributed by atoms with Gasteiger partial charge in [-0.25, -0.2) is 0 Å². The van der Waals surface area contributed by atoms with Gasteiger partial charge in [-0.2, -0.15) is 0 Å². The fraction of sp³-hybridized carbons (Fsp3) is 0.500. The van der Waals surface area contributed by atoms with E-state index in [0.717, 1.165) is 25.2 Å². The number of phenols is 1. The van der Waals surface area contributed by atoms with Crippen LogP contribution in [0.5, 0.6) is 5.75 Å². The Morgan fingerprint density at radius 3 is 2.76 bits per heavy atom. The molecule has 0 aliphatic carbocycles. The molecule has 0 atom stereocenters. The van der Waals surface area contributed by atoms with Crippen molar-refractivity contribution in [2.45, 2.75) is 32.4 Å². The van der Waals surface area contributed by atoms with E-state index in [1.165, 1.54) is 12.0 Å². The summed E-state index contributed by atoms with van der Waals surface area (Å²) in [5.41, 5.74) is 7.58. The van der Waals surface area contributed by atoms with Crippen molar-refractivity contribution in [3.63, 3.8) is 0 Å². The maximum Gasteiger partial charge on any atom is 0.120 e. The van der Waals surface area contributed by atoms with Crippen LogP contribution in [0.2, 0.25) is 0 Å². The first-order valence-corrected chi connectivity index (χ1v) is 6.12. The molecule has 1 radical (unpaired) electrons. The SMILES string of the molecule is CC(C)(N)c1cc(CN2C[CH]CC2)ccc1O. The van der Waals surface area contributed by atoms with E-state index in [4.69, 9.17) is 5.73 Å². The van der Waals surface area contributed by atoms with E-state index < -0.39 is 5.54 Å². The van der Waals surface area contributed by atoms with Crippen LogP contribution >= 0.6 is 0 Å². The third-order valence-electron chi connectivity index (χ3n) is 3.20. The number of benzene rings is 1. The molecule has 1 aliphatic rings. The Morgan fingerprint density at radius 1 is 1.41 bits per heavy atom. The Morgan fingerprint density at radius 2 is 2.18 bits per heavy atom. The molecule has 0 aromatic heterocycles. The number of hydrogen-bond donors (Lipinski definition) is 2. The van der Waals surface area contributed by atoms with Gasteiger partial charge in [0, 0.05) is 24.2 Å². The van der Waals surface area contributed by atoms with Crippen LogP contribution in [0.25, 0.3) is 0 Å². The topological polar surface area (TPSA) is 49.5 Å². The largest absolute Gasteiger partial charge is 0.508 e. The molecular formula is C14H21N2O. The average molecular weight is 233 g/mol. The van der Waals surface area contributed by atoms with Crippen LogP contribution in [0, 0.1) is 6.42 Å². The summed E-state index contributed by atoms with van der Waals surface area (Å²) in [5.74, 6) is 0.286. The zero-order valence-corrected chi connectivity index (χ0v) is 10.6. The summed E-state index contributed by atoms with van der Waals surface area (Å²) in [6, 6.07) is 5.75. The molecule has 3 N–H and O–H groups in total. The summed E-state index contributed by atoms with van der Waals surface area (Å²) in [6.07, 6.45) is 3.47. The molecule has 2 rings (SSSR count). The van der Waals surface area contributed by atoms with Gasteiger partial charge in [0.05, 0.1) is 0 Å². The number of hydrogen-bond acceptors (Lipinski definition) is 3. The van der Waals surface area contributed by atoms with Crippen molar-refractivity contribution >= 4 is 0 Å². The molecule has 1 aromatic rings. The van der Waals surface area contributed by atoms with Crippen LogP contribution in [0.1, 0.15) is 31.4 Å². The Kier molecular flexibility index (Phi) is 3.40. The van der Waals surface area contributed by atoms with Gasteiger partial charge in [0.25, 0.3) is 0 Å². The Bertz CT molecular complexity index is 390. The van der Waals surface area contributed by atoms with Crippen LogP contribution in [-0.2, 0) is 12.1 Å². The van der Waals surface area contributed by atoms with Gasteiger partial charge in [0.15, 0.2) is 0 Å². The van der Waals surface area contributed by atoms with Crippen molar-refractivity contribution in [2.24, 2.45) is 5.73 Å².